The van der Waals surface area contributed by atoms with Crippen molar-refractivity contribution in [3.63, 3.8) is 0 Å². The van der Waals surface area contributed by atoms with Crippen LogP contribution in [-0.2, 0) is 4.79 Å². The third kappa shape index (κ3) is 2.99. The van der Waals surface area contributed by atoms with E-state index in [1.165, 1.54) is 0 Å². The molecule has 20 heavy (non-hydrogen) atoms. The standard InChI is InChI=1S/C15H21NO4/c1-7-8(2)10(4)13(11(5)9(7)3)14(18)16-6-12(17)15(19)20/h12,17H,6H2,1-5H3,(H,16,18)(H,19,20)/t12-/m0/s1. The number of benzene rings is 1. The number of nitrogens with one attached hydrogen (secondary N) is 1. The zero-order valence-electron chi connectivity index (χ0n) is 12.5. The smallest absolute Gasteiger partial charge is 0.334 e. The Labute approximate surface area is 118 Å². The van der Waals surface area contributed by atoms with Crippen molar-refractivity contribution in [2.45, 2.75) is 40.7 Å². The predicted octanol–water partition coefficient (Wildman–Crippen LogP) is 1.40. The number of hydrogen-bond acceptors (Lipinski definition) is 3. The Morgan fingerprint density at radius 3 is 1.75 bits per heavy atom. The lowest BCUT2D eigenvalue weighted by Crippen LogP contribution is -2.37. The first kappa shape index (κ1) is 16.2. The van der Waals surface area contributed by atoms with E-state index in [1.54, 1.807) is 0 Å². The summed E-state index contributed by atoms with van der Waals surface area (Å²) in [7, 11) is 0. The predicted molar refractivity (Wildman–Crippen MR) is 76.1 cm³/mol. The average molecular weight is 279 g/mol. The van der Waals surface area contributed by atoms with Crippen molar-refractivity contribution >= 4 is 11.9 Å². The van der Waals surface area contributed by atoms with Gasteiger partial charge in [-0.15, -0.1) is 0 Å². The Morgan fingerprint density at radius 1 is 0.950 bits per heavy atom. The molecule has 0 radical (unpaired) electrons. The van der Waals surface area contributed by atoms with Gasteiger partial charge in [0.2, 0.25) is 0 Å². The molecule has 0 aliphatic heterocycles. The minimum atomic E-state index is -1.59. The van der Waals surface area contributed by atoms with Crippen molar-refractivity contribution in [2.24, 2.45) is 0 Å². The number of aliphatic carboxylic acids is 1. The number of amides is 1. The first-order valence-electron chi connectivity index (χ1n) is 6.44. The fourth-order valence-electron chi connectivity index (χ4n) is 2.21. The van der Waals surface area contributed by atoms with Crippen LogP contribution in [0.2, 0.25) is 0 Å². The van der Waals surface area contributed by atoms with E-state index in [-0.39, 0.29) is 12.5 Å². The summed E-state index contributed by atoms with van der Waals surface area (Å²) in [6.07, 6.45) is -1.59. The largest absolute Gasteiger partial charge is 0.479 e. The second-order valence-corrected chi connectivity index (χ2v) is 5.06. The molecule has 3 N–H and O–H groups in total. The highest BCUT2D eigenvalue weighted by molar-refractivity contribution is 5.98. The molecule has 1 rings (SSSR count). The highest BCUT2D eigenvalue weighted by Crippen LogP contribution is 2.25. The Bertz CT molecular complexity index is 534. The number of aliphatic hydroxyl groups excluding tert-OH is 1. The molecule has 0 fully saturated rings. The fraction of sp³-hybridized carbons (Fsp3) is 0.467. The highest BCUT2D eigenvalue weighted by atomic mass is 16.4. The van der Waals surface area contributed by atoms with Gasteiger partial charge in [0.15, 0.2) is 6.10 Å². The molecule has 1 aromatic carbocycles. The number of aliphatic hydroxyl groups is 1. The van der Waals surface area contributed by atoms with E-state index in [9.17, 15) is 14.7 Å². The minimum absolute atomic E-state index is 0.307. The Kier molecular flexibility index (Phi) is 4.89. The van der Waals surface area contributed by atoms with Crippen molar-refractivity contribution < 1.29 is 19.8 Å². The molecule has 5 nitrogen and oxygen atoms in total. The van der Waals surface area contributed by atoms with Crippen LogP contribution < -0.4 is 5.32 Å². The monoisotopic (exact) mass is 279 g/mol. The third-order valence-electron chi connectivity index (χ3n) is 3.97. The maximum Gasteiger partial charge on any atom is 0.334 e. The maximum absolute atomic E-state index is 12.2. The molecule has 0 aliphatic rings. The number of rotatable bonds is 4. The molecule has 0 saturated heterocycles. The lowest BCUT2D eigenvalue weighted by molar-refractivity contribution is -0.146. The van der Waals surface area contributed by atoms with E-state index in [2.05, 4.69) is 5.32 Å². The van der Waals surface area contributed by atoms with Crippen molar-refractivity contribution in [1.29, 1.82) is 0 Å². The minimum Gasteiger partial charge on any atom is -0.479 e. The summed E-state index contributed by atoms with van der Waals surface area (Å²) in [6, 6.07) is 0. The normalized spacial score (nSPS) is 12.1. The summed E-state index contributed by atoms with van der Waals surface area (Å²) < 4.78 is 0. The molecule has 0 heterocycles. The Morgan fingerprint density at radius 2 is 1.35 bits per heavy atom. The van der Waals surface area contributed by atoms with Gasteiger partial charge in [-0.1, -0.05) is 0 Å². The van der Waals surface area contributed by atoms with Crippen LogP contribution in [0.4, 0.5) is 0 Å². The molecule has 5 heteroatoms. The number of hydrogen-bond donors (Lipinski definition) is 3. The first-order valence-corrected chi connectivity index (χ1v) is 6.44. The SMILES string of the molecule is Cc1c(C)c(C)c(C(=O)NC[C@H](O)C(=O)O)c(C)c1C. The van der Waals surface area contributed by atoms with E-state index in [0.29, 0.717) is 5.56 Å². The van der Waals surface area contributed by atoms with Gasteiger partial charge in [-0.2, -0.15) is 0 Å². The quantitative estimate of drug-likeness (QED) is 0.777. The maximum atomic E-state index is 12.2. The molecule has 0 aliphatic carbocycles. The van der Waals surface area contributed by atoms with Gasteiger partial charge >= 0.3 is 5.97 Å². The summed E-state index contributed by atoms with van der Waals surface area (Å²) >= 11 is 0. The summed E-state index contributed by atoms with van der Waals surface area (Å²) in [5.74, 6) is -1.71. The second kappa shape index (κ2) is 6.05. The van der Waals surface area contributed by atoms with Gasteiger partial charge in [0, 0.05) is 5.56 Å². The summed E-state index contributed by atoms with van der Waals surface area (Å²) in [5, 5.41) is 20.3. The van der Waals surface area contributed by atoms with Gasteiger partial charge in [0.1, 0.15) is 0 Å². The molecule has 0 unspecified atom stereocenters. The molecule has 0 spiro atoms. The first-order chi connectivity index (χ1) is 9.18. The fourth-order valence-corrected chi connectivity index (χ4v) is 2.21. The average Bonchev–Trinajstić information content (AvgIpc) is 2.40. The number of carboxylic acid groups (broad SMARTS) is 1. The number of carbonyl (C=O) groups excluding carboxylic acids is 1. The van der Waals surface area contributed by atoms with Crippen LogP contribution in [0.1, 0.15) is 38.2 Å². The summed E-state index contributed by atoms with van der Waals surface area (Å²) in [5.41, 5.74) is 5.58. The van der Waals surface area contributed by atoms with Crippen LogP contribution in [0.3, 0.4) is 0 Å². The Hall–Kier alpha value is -1.88. The van der Waals surface area contributed by atoms with Crippen molar-refractivity contribution in [3.8, 4) is 0 Å². The van der Waals surface area contributed by atoms with E-state index in [4.69, 9.17) is 5.11 Å². The van der Waals surface area contributed by atoms with E-state index >= 15 is 0 Å². The molecule has 0 aromatic heterocycles. The zero-order valence-corrected chi connectivity index (χ0v) is 12.5. The summed E-state index contributed by atoms with van der Waals surface area (Å²) in [4.78, 5) is 22.7. The molecule has 0 saturated carbocycles. The van der Waals surface area contributed by atoms with E-state index in [0.717, 1.165) is 27.8 Å². The van der Waals surface area contributed by atoms with Crippen LogP contribution in [0.25, 0.3) is 0 Å². The molecule has 1 amide bonds. The van der Waals surface area contributed by atoms with Gasteiger partial charge < -0.3 is 15.5 Å². The van der Waals surface area contributed by atoms with Crippen LogP contribution in [-0.4, -0.2) is 34.7 Å². The second-order valence-electron chi connectivity index (χ2n) is 5.06. The van der Waals surface area contributed by atoms with Crippen molar-refractivity contribution in [2.75, 3.05) is 6.54 Å². The van der Waals surface area contributed by atoms with Gasteiger partial charge in [-0.05, 0) is 62.4 Å². The lowest BCUT2D eigenvalue weighted by atomic mass is 9.89. The third-order valence-corrected chi connectivity index (χ3v) is 3.97. The summed E-state index contributed by atoms with van der Waals surface area (Å²) in [6.45, 7) is 9.37. The molecular formula is C15H21NO4. The van der Waals surface area contributed by atoms with Gasteiger partial charge in [0.05, 0.1) is 6.54 Å². The van der Waals surface area contributed by atoms with Gasteiger partial charge in [-0.25, -0.2) is 4.79 Å². The van der Waals surface area contributed by atoms with E-state index < -0.39 is 12.1 Å². The molecule has 1 aromatic rings. The van der Waals surface area contributed by atoms with Crippen LogP contribution in [0.5, 0.6) is 0 Å². The van der Waals surface area contributed by atoms with Crippen LogP contribution in [0.15, 0.2) is 0 Å². The van der Waals surface area contributed by atoms with E-state index in [1.807, 2.05) is 34.6 Å². The number of carbonyl (C=O) groups is 2. The molecule has 1 atom stereocenters. The van der Waals surface area contributed by atoms with Crippen LogP contribution >= 0.6 is 0 Å². The van der Waals surface area contributed by atoms with Gasteiger partial charge in [0.25, 0.3) is 5.91 Å². The molecule has 110 valence electrons. The van der Waals surface area contributed by atoms with Gasteiger partial charge in [-0.3, -0.25) is 4.79 Å². The lowest BCUT2D eigenvalue weighted by Gasteiger charge is -2.18. The molecule has 0 bridgehead atoms. The van der Waals surface area contributed by atoms with Crippen LogP contribution in [0, 0.1) is 34.6 Å². The van der Waals surface area contributed by atoms with Crippen molar-refractivity contribution in [3.05, 3.63) is 33.4 Å². The number of carboxylic acids is 1. The topological polar surface area (TPSA) is 86.6 Å². The Balaban J connectivity index is 3.08. The zero-order chi connectivity index (χ0) is 15.6. The molecular weight excluding hydrogens is 258 g/mol. The highest BCUT2D eigenvalue weighted by Gasteiger charge is 2.20. The van der Waals surface area contributed by atoms with Crippen molar-refractivity contribution in [1.82, 2.24) is 5.32 Å².